The van der Waals surface area contributed by atoms with Gasteiger partial charge >= 0.3 is 12.0 Å². The smallest absolute Gasteiger partial charge is 0.320 e. The summed E-state index contributed by atoms with van der Waals surface area (Å²) in [7, 11) is 0. The number of piperidine rings is 1. The lowest BCUT2D eigenvalue weighted by Crippen LogP contribution is -2.48. The van der Waals surface area contributed by atoms with Gasteiger partial charge in [-0.25, -0.2) is 4.79 Å². The molecule has 2 fully saturated rings. The molecule has 1 atom stereocenters. The van der Waals surface area contributed by atoms with E-state index < -0.39 is 17.8 Å². The molecule has 9 nitrogen and oxygen atoms in total. The Morgan fingerprint density at radius 2 is 1.90 bits per heavy atom. The van der Waals surface area contributed by atoms with Crippen molar-refractivity contribution in [2.45, 2.75) is 25.7 Å². The summed E-state index contributed by atoms with van der Waals surface area (Å²) in [5, 5.41) is 2.71. The molecule has 2 aliphatic heterocycles. The number of rotatable bonds is 4. The molecule has 154 valence electrons. The maximum atomic E-state index is 12.5. The molecule has 0 unspecified atom stereocenters. The Bertz CT molecular complexity index is 911. The highest BCUT2D eigenvalue weighted by Gasteiger charge is 2.32. The first-order valence-corrected chi connectivity index (χ1v) is 10.6. The summed E-state index contributed by atoms with van der Waals surface area (Å²) in [5.74, 6) is -1.26. The van der Waals surface area contributed by atoms with Crippen LogP contribution in [0.2, 0.25) is 0 Å². The van der Waals surface area contributed by atoms with E-state index in [4.69, 9.17) is 4.74 Å². The first-order valence-electron chi connectivity index (χ1n) is 9.83. The van der Waals surface area contributed by atoms with Crippen LogP contribution in [-0.2, 0) is 14.3 Å². The Labute approximate surface area is 172 Å². The summed E-state index contributed by atoms with van der Waals surface area (Å²) < 4.78 is 13.5. The van der Waals surface area contributed by atoms with Gasteiger partial charge in [-0.15, -0.1) is 0 Å². The van der Waals surface area contributed by atoms with Gasteiger partial charge < -0.3 is 19.9 Å². The van der Waals surface area contributed by atoms with Crippen LogP contribution < -0.4 is 5.32 Å². The summed E-state index contributed by atoms with van der Waals surface area (Å²) in [6.45, 7) is 2.20. The third kappa shape index (κ3) is 4.47. The van der Waals surface area contributed by atoms with E-state index >= 15 is 0 Å². The molecular formula is C19H23N5O4S. The molecule has 0 bridgehead atoms. The monoisotopic (exact) mass is 417 g/mol. The van der Waals surface area contributed by atoms with Crippen LogP contribution in [0.15, 0.2) is 18.2 Å². The molecule has 1 aromatic heterocycles. The quantitative estimate of drug-likeness (QED) is 0.764. The fourth-order valence-electron chi connectivity index (χ4n) is 3.80. The van der Waals surface area contributed by atoms with Crippen molar-refractivity contribution in [1.82, 2.24) is 18.5 Å². The van der Waals surface area contributed by atoms with Crippen molar-refractivity contribution in [2.75, 3.05) is 38.1 Å². The zero-order valence-corrected chi connectivity index (χ0v) is 16.8. The van der Waals surface area contributed by atoms with Crippen LogP contribution in [0, 0.1) is 5.92 Å². The Morgan fingerprint density at radius 3 is 2.72 bits per heavy atom. The Morgan fingerprint density at radius 1 is 1.10 bits per heavy atom. The maximum absolute atomic E-state index is 12.5. The van der Waals surface area contributed by atoms with Gasteiger partial charge in [0, 0.05) is 26.2 Å². The SMILES string of the molecule is O=C(COC(=O)[C@@H]1CCCN(C(=O)N2CCCC2)C1)Nc1cccc2nsnc12. The van der Waals surface area contributed by atoms with Gasteiger partial charge in [0.25, 0.3) is 5.91 Å². The first-order chi connectivity index (χ1) is 14.1. The number of fused-ring (bicyclic) bond motifs is 1. The van der Waals surface area contributed by atoms with Crippen molar-refractivity contribution in [3.8, 4) is 0 Å². The van der Waals surface area contributed by atoms with E-state index in [1.54, 1.807) is 17.0 Å². The lowest BCUT2D eigenvalue weighted by molar-refractivity contribution is -0.152. The predicted octanol–water partition coefficient (Wildman–Crippen LogP) is 2.10. The molecule has 1 N–H and O–H groups in total. The third-order valence-corrected chi connectivity index (χ3v) is 5.85. The lowest BCUT2D eigenvalue weighted by Gasteiger charge is -2.34. The van der Waals surface area contributed by atoms with Crippen molar-refractivity contribution >= 4 is 46.4 Å². The zero-order chi connectivity index (χ0) is 20.2. The van der Waals surface area contributed by atoms with Crippen molar-refractivity contribution in [2.24, 2.45) is 5.92 Å². The number of amides is 3. The molecular weight excluding hydrogens is 394 g/mol. The number of carbonyl (C=O) groups is 3. The van der Waals surface area contributed by atoms with Crippen molar-refractivity contribution in [1.29, 1.82) is 0 Å². The molecule has 0 aliphatic carbocycles. The molecule has 3 amide bonds. The Hall–Kier alpha value is -2.75. The molecule has 29 heavy (non-hydrogen) atoms. The van der Waals surface area contributed by atoms with Gasteiger partial charge in [0.2, 0.25) is 0 Å². The van der Waals surface area contributed by atoms with E-state index in [2.05, 4.69) is 14.1 Å². The maximum Gasteiger partial charge on any atom is 0.320 e. The second-order valence-corrected chi connectivity index (χ2v) is 7.88. The minimum Gasteiger partial charge on any atom is -0.455 e. The number of nitrogens with zero attached hydrogens (tertiary/aromatic N) is 4. The summed E-state index contributed by atoms with van der Waals surface area (Å²) in [6, 6.07) is 5.32. The average molecular weight is 417 g/mol. The fourth-order valence-corrected chi connectivity index (χ4v) is 4.35. The average Bonchev–Trinajstić information content (AvgIpc) is 3.44. The van der Waals surface area contributed by atoms with Gasteiger partial charge in [-0.1, -0.05) is 6.07 Å². The molecule has 3 heterocycles. The van der Waals surface area contributed by atoms with Crippen molar-refractivity contribution in [3.05, 3.63) is 18.2 Å². The highest BCUT2D eigenvalue weighted by molar-refractivity contribution is 7.00. The van der Waals surface area contributed by atoms with Gasteiger partial charge in [-0.2, -0.15) is 8.75 Å². The molecule has 2 aromatic rings. The van der Waals surface area contributed by atoms with Gasteiger partial charge in [-0.05, 0) is 37.8 Å². The van der Waals surface area contributed by atoms with E-state index in [1.807, 2.05) is 11.0 Å². The fraction of sp³-hybridized carbons (Fsp3) is 0.526. The number of hydrogen-bond acceptors (Lipinski definition) is 7. The summed E-state index contributed by atoms with van der Waals surface area (Å²) >= 11 is 1.07. The molecule has 10 heteroatoms. The Balaban J connectivity index is 1.28. The summed E-state index contributed by atoms with van der Waals surface area (Å²) in [6.07, 6.45) is 3.48. The van der Waals surface area contributed by atoms with E-state index in [0.717, 1.165) is 44.1 Å². The normalized spacial score (nSPS) is 19.4. The van der Waals surface area contributed by atoms with Crippen LogP contribution in [0.25, 0.3) is 11.0 Å². The number of nitrogens with one attached hydrogen (secondary N) is 1. The lowest BCUT2D eigenvalue weighted by atomic mass is 9.98. The highest BCUT2D eigenvalue weighted by atomic mass is 32.1. The van der Waals surface area contributed by atoms with Crippen LogP contribution in [0.5, 0.6) is 0 Å². The summed E-state index contributed by atoms with van der Waals surface area (Å²) in [4.78, 5) is 40.8. The van der Waals surface area contributed by atoms with Crippen LogP contribution in [-0.4, -0.2) is 69.2 Å². The minimum atomic E-state index is -0.437. The highest BCUT2D eigenvalue weighted by Crippen LogP contribution is 2.22. The van der Waals surface area contributed by atoms with E-state index in [9.17, 15) is 14.4 Å². The predicted molar refractivity (Wildman–Crippen MR) is 108 cm³/mol. The van der Waals surface area contributed by atoms with E-state index in [1.165, 1.54) is 0 Å². The number of ether oxygens (including phenoxy) is 1. The number of likely N-dealkylation sites (tertiary alicyclic amines) is 2. The topological polar surface area (TPSA) is 105 Å². The van der Waals surface area contributed by atoms with Crippen LogP contribution in [0.1, 0.15) is 25.7 Å². The van der Waals surface area contributed by atoms with Gasteiger partial charge in [0.1, 0.15) is 11.0 Å². The molecule has 0 spiro atoms. The number of hydrogen-bond donors (Lipinski definition) is 1. The third-order valence-electron chi connectivity index (χ3n) is 5.31. The zero-order valence-electron chi connectivity index (χ0n) is 16.0. The standard InChI is InChI=1S/C19H23N5O4S/c25-16(20-14-6-3-7-15-17(14)22-29-21-15)12-28-18(26)13-5-4-10-24(11-13)19(27)23-8-1-2-9-23/h3,6-7,13H,1-2,4-5,8-12H2,(H,20,25)/t13-/m1/s1. The first kappa shape index (κ1) is 19.6. The van der Waals surface area contributed by atoms with Crippen molar-refractivity contribution < 1.29 is 19.1 Å². The molecule has 2 saturated heterocycles. The second-order valence-electron chi connectivity index (χ2n) is 7.36. The molecule has 0 radical (unpaired) electrons. The van der Waals surface area contributed by atoms with Crippen molar-refractivity contribution in [3.63, 3.8) is 0 Å². The van der Waals surface area contributed by atoms with Gasteiger partial charge in [0.15, 0.2) is 6.61 Å². The number of carbonyl (C=O) groups excluding carboxylic acids is 3. The molecule has 4 rings (SSSR count). The van der Waals surface area contributed by atoms with Crippen LogP contribution >= 0.6 is 11.7 Å². The Kier molecular flexibility index (Phi) is 5.89. The molecule has 0 saturated carbocycles. The largest absolute Gasteiger partial charge is 0.455 e. The number of urea groups is 1. The van der Waals surface area contributed by atoms with E-state index in [-0.39, 0.29) is 12.6 Å². The number of aromatic nitrogens is 2. The van der Waals surface area contributed by atoms with Crippen LogP contribution in [0.4, 0.5) is 10.5 Å². The molecule has 1 aromatic carbocycles. The minimum absolute atomic E-state index is 0.00251. The number of benzene rings is 1. The molecule has 2 aliphatic rings. The number of esters is 1. The van der Waals surface area contributed by atoms with Crippen LogP contribution in [0.3, 0.4) is 0 Å². The summed E-state index contributed by atoms with van der Waals surface area (Å²) in [5.41, 5.74) is 1.85. The van der Waals surface area contributed by atoms with Gasteiger partial charge in [0.05, 0.1) is 23.3 Å². The number of anilines is 1. The van der Waals surface area contributed by atoms with E-state index in [0.29, 0.717) is 36.2 Å². The van der Waals surface area contributed by atoms with Gasteiger partial charge in [-0.3, -0.25) is 9.59 Å². The second kappa shape index (κ2) is 8.73.